The molecule has 3 heterocycles. The average Bonchev–Trinajstić information content (AvgIpc) is 4.15. The lowest BCUT2D eigenvalue weighted by atomic mass is 9.97. The average molecular weight is 968 g/mol. The smallest absolute Gasteiger partial charge is 0.196 e. The van der Waals surface area contributed by atoms with E-state index in [1.54, 1.807) is 24.3 Å². The fourth-order valence-corrected chi connectivity index (χ4v) is 10.6. The Hall–Kier alpha value is -11.2. The predicted octanol–water partition coefficient (Wildman–Crippen LogP) is 16.9. The van der Waals surface area contributed by atoms with Crippen molar-refractivity contribution in [2.75, 3.05) is 0 Å². The van der Waals surface area contributed by atoms with Gasteiger partial charge < -0.3 is 9.13 Å². The van der Waals surface area contributed by atoms with Crippen LogP contribution in [-0.4, -0.2) is 24.1 Å². The molecule has 0 aliphatic heterocycles. The zero-order chi connectivity index (χ0) is 51.3. The van der Waals surface area contributed by atoms with Crippen molar-refractivity contribution in [2.45, 2.75) is 0 Å². The predicted molar refractivity (Wildman–Crippen MR) is 303 cm³/mol. The maximum atomic E-state index is 10.4. The molecular formula is C67H37N9. The molecule has 0 saturated heterocycles. The van der Waals surface area contributed by atoms with Crippen LogP contribution in [0.2, 0.25) is 0 Å². The molecule has 3 aromatic heterocycles. The van der Waals surface area contributed by atoms with Crippen LogP contribution in [0.4, 0.5) is 11.4 Å². The monoisotopic (exact) mass is 967 g/mol. The molecule has 13 aromatic rings. The summed E-state index contributed by atoms with van der Waals surface area (Å²) in [4.78, 5) is 23.3. The van der Waals surface area contributed by atoms with Crippen LogP contribution in [0, 0.1) is 35.8 Å². The van der Waals surface area contributed by atoms with E-state index in [9.17, 15) is 10.5 Å². The molecule has 0 saturated carbocycles. The molecule has 0 spiro atoms. The van der Waals surface area contributed by atoms with Crippen molar-refractivity contribution in [1.29, 1.82) is 10.5 Å². The third-order valence-electron chi connectivity index (χ3n) is 14.1. The van der Waals surface area contributed by atoms with Crippen LogP contribution in [0.5, 0.6) is 0 Å². The minimum Gasteiger partial charge on any atom is -0.309 e. The molecule has 0 radical (unpaired) electrons. The first-order valence-electron chi connectivity index (χ1n) is 24.5. The van der Waals surface area contributed by atoms with Crippen LogP contribution in [0.1, 0.15) is 11.1 Å². The third-order valence-corrected chi connectivity index (χ3v) is 14.1. The van der Waals surface area contributed by atoms with Gasteiger partial charge in [-0.15, -0.1) is 0 Å². The number of aromatic nitrogens is 5. The number of hydrogen-bond acceptors (Lipinski definition) is 5. The standard InChI is InChI=1S/C67H37N9/c1-70-49-29-31-51(48(36-49)41-69)45-26-32-61-56(37-45)57-38-46(52-30-25-42(40-68)35-59(52)71-2)27-33-62(57)76(61)63-34-28-47(53-22-14-23-55-54-21-12-13-24-60(54)75(64(53)55)50-19-10-5-11-20-50)39-58(63)67-73-65(43-15-6-3-7-16-43)72-66(74-67)44-17-8-4-9-18-44/h3-39H. The van der Waals surface area contributed by atoms with Gasteiger partial charge in [-0.1, -0.05) is 152 Å². The second-order valence-electron chi connectivity index (χ2n) is 18.4. The normalized spacial score (nSPS) is 11.1. The highest BCUT2D eigenvalue weighted by molar-refractivity contribution is 6.15. The number of benzene rings is 10. The van der Waals surface area contributed by atoms with E-state index in [0.29, 0.717) is 51.1 Å². The van der Waals surface area contributed by atoms with E-state index >= 15 is 0 Å². The van der Waals surface area contributed by atoms with Gasteiger partial charge in [0.05, 0.1) is 53.0 Å². The van der Waals surface area contributed by atoms with Gasteiger partial charge >= 0.3 is 0 Å². The molecular weight excluding hydrogens is 931 g/mol. The van der Waals surface area contributed by atoms with Crippen molar-refractivity contribution < 1.29 is 0 Å². The summed E-state index contributed by atoms with van der Waals surface area (Å²) in [7, 11) is 0. The van der Waals surface area contributed by atoms with E-state index in [-0.39, 0.29) is 0 Å². The van der Waals surface area contributed by atoms with Crippen molar-refractivity contribution in [2.24, 2.45) is 0 Å². The van der Waals surface area contributed by atoms with E-state index in [1.807, 2.05) is 91.0 Å². The number of rotatable bonds is 8. The van der Waals surface area contributed by atoms with E-state index in [0.717, 1.165) is 93.9 Å². The number of fused-ring (bicyclic) bond motifs is 6. The van der Waals surface area contributed by atoms with Gasteiger partial charge in [0.25, 0.3) is 0 Å². The van der Waals surface area contributed by atoms with Crippen LogP contribution in [0.25, 0.3) is 132 Å². The first kappa shape index (κ1) is 44.7. The molecule has 0 fully saturated rings. The van der Waals surface area contributed by atoms with Gasteiger partial charge in [-0.3, -0.25) is 0 Å². The van der Waals surface area contributed by atoms with E-state index in [1.165, 1.54) is 0 Å². The summed E-state index contributed by atoms with van der Waals surface area (Å²) in [6, 6.07) is 79.3. The summed E-state index contributed by atoms with van der Waals surface area (Å²) in [5, 5.41) is 24.2. The molecule has 0 atom stereocenters. The zero-order valence-electron chi connectivity index (χ0n) is 40.4. The highest BCUT2D eigenvalue weighted by Gasteiger charge is 2.24. The summed E-state index contributed by atoms with van der Waals surface area (Å²) in [6.07, 6.45) is 0. The Labute approximate surface area is 437 Å². The van der Waals surface area contributed by atoms with Crippen LogP contribution < -0.4 is 0 Å². The Balaban J connectivity index is 1.13. The van der Waals surface area contributed by atoms with Crippen molar-refractivity contribution in [1.82, 2.24) is 24.1 Å². The Kier molecular flexibility index (Phi) is 10.8. The lowest BCUT2D eigenvalue weighted by Crippen LogP contribution is -2.04. The van der Waals surface area contributed by atoms with Gasteiger partial charge in [0, 0.05) is 60.6 Å². The minimum atomic E-state index is 0.374. The summed E-state index contributed by atoms with van der Waals surface area (Å²) >= 11 is 0. The second kappa shape index (κ2) is 18.4. The maximum Gasteiger partial charge on any atom is 0.196 e. The van der Waals surface area contributed by atoms with Crippen LogP contribution in [0.15, 0.2) is 224 Å². The molecule has 0 bridgehead atoms. The lowest BCUT2D eigenvalue weighted by Gasteiger charge is -2.17. The van der Waals surface area contributed by atoms with Crippen LogP contribution >= 0.6 is 0 Å². The topological polar surface area (TPSA) is 105 Å². The Morgan fingerprint density at radius 2 is 0.961 bits per heavy atom. The minimum absolute atomic E-state index is 0.374. The highest BCUT2D eigenvalue weighted by atomic mass is 15.1. The molecule has 76 heavy (non-hydrogen) atoms. The van der Waals surface area contributed by atoms with E-state index in [2.05, 4.69) is 140 Å². The molecule has 0 unspecified atom stereocenters. The van der Waals surface area contributed by atoms with E-state index < -0.39 is 0 Å². The zero-order valence-corrected chi connectivity index (χ0v) is 40.4. The molecule has 0 aliphatic rings. The number of para-hydroxylation sites is 3. The number of hydrogen-bond donors (Lipinski definition) is 0. The van der Waals surface area contributed by atoms with Gasteiger partial charge in [-0.2, -0.15) is 10.5 Å². The van der Waals surface area contributed by atoms with Gasteiger partial charge in [0.1, 0.15) is 0 Å². The molecule has 0 N–H and O–H groups in total. The Bertz CT molecular complexity index is 4490. The molecule has 9 heteroatoms. The highest BCUT2D eigenvalue weighted by Crippen LogP contribution is 2.44. The van der Waals surface area contributed by atoms with Crippen LogP contribution in [-0.2, 0) is 0 Å². The summed E-state index contributed by atoms with van der Waals surface area (Å²) in [6.45, 7) is 15.7. The van der Waals surface area contributed by atoms with Gasteiger partial charge in [0.15, 0.2) is 28.8 Å². The first-order chi connectivity index (χ1) is 37.5. The summed E-state index contributed by atoms with van der Waals surface area (Å²) in [5.74, 6) is 1.53. The van der Waals surface area contributed by atoms with Crippen molar-refractivity contribution in [3.05, 3.63) is 258 Å². The first-order valence-corrected chi connectivity index (χ1v) is 24.5. The fraction of sp³-hybridized carbons (Fsp3) is 0. The molecule has 0 aliphatic carbocycles. The van der Waals surface area contributed by atoms with Gasteiger partial charge in [-0.25, -0.2) is 24.6 Å². The van der Waals surface area contributed by atoms with Crippen molar-refractivity contribution >= 4 is 55.0 Å². The quantitative estimate of drug-likeness (QED) is 0.141. The molecule has 9 nitrogen and oxygen atoms in total. The molecule has 10 aromatic carbocycles. The van der Waals surface area contributed by atoms with Gasteiger partial charge in [-0.05, 0) is 101 Å². The maximum absolute atomic E-state index is 10.4. The SMILES string of the molecule is [C-]#[N+]c1ccc(-c2ccc3c(c2)c2cc(-c4ccc(C#N)cc4[N+]#[C-])ccc2n3-c2ccc(-c3cccc4c5ccccc5n(-c5ccccc5)c34)cc2-c2nc(-c3ccccc3)nc(-c3ccccc3)n2)c(C#N)c1. The Morgan fingerprint density at radius 1 is 0.382 bits per heavy atom. The summed E-state index contributed by atoms with van der Waals surface area (Å²) in [5.41, 5.74) is 14.8. The van der Waals surface area contributed by atoms with Crippen molar-refractivity contribution in [3.8, 4) is 91.1 Å². The Morgan fingerprint density at radius 3 is 1.62 bits per heavy atom. The summed E-state index contributed by atoms with van der Waals surface area (Å²) < 4.78 is 4.59. The lowest BCUT2D eigenvalue weighted by molar-refractivity contribution is 1.06. The van der Waals surface area contributed by atoms with Gasteiger partial charge in [0.2, 0.25) is 0 Å². The molecule has 350 valence electrons. The third kappa shape index (κ3) is 7.49. The number of nitriles is 2. The number of nitrogens with zero attached hydrogens (tertiary/aromatic N) is 9. The second-order valence-corrected chi connectivity index (χ2v) is 18.4. The van der Waals surface area contributed by atoms with Crippen LogP contribution in [0.3, 0.4) is 0 Å². The fourth-order valence-electron chi connectivity index (χ4n) is 10.6. The largest absolute Gasteiger partial charge is 0.309 e. The van der Waals surface area contributed by atoms with E-state index in [4.69, 9.17) is 28.1 Å². The van der Waals surface area contributed by atoms with Crippen molar-refractivity contribution in [3.63, 3.8) is 0 Å². The molecule has 0 amide bonds. The molecule has 13 rings (SSSR count).